The van der Waals surface area contributed by atoms with Gasteiger partial charge >= 0.3 is 6.18 Å². The summed E-state index contributed by atoms with van der Waals surface area (Å²) in [5.41, 5.74) is 0. The first-order valence-corrected chi connectivity index (χ1v) is 12.3. The standard InChI is InChI=1S/C12H22F3NOSi2/c1-7-9-18(3,4)16-11(12(13,14)15)17-19(5,6)10-8-2/h7-8H,1-2,9-10H2,3-6H3. The van der Waals surface area contributed by atoms with Crippen molar-refractivity contribution in [3.8, 4) is 0 Å². The predicted molar refractivity (Wildman–Crippen MR) is 79.5 cm³/mol. The van der Waals surface area contributed by atoms with E-state index in [4.69, 9.17) is 4.43 Å². The molecule has 0 aromatic heterocycles. The van der Waals surface area contributed by atoms with Gasteiger partial charge in [-0.1, -0.05) is 12.2 Å². The molecule has 0 aliphatic rings. The lowest BCUT2D eigenvalue weighted by molar-refractivity contribution is -0.0713. The predicted octanol–water partition coefficient (Wildman–Crippen LogP) is 4.75. The van der Waals surface area contributed by atoms with Crippen molar-refractivity contribution >= 4 is 22.5 Å². The van der Waals surface area contributed by atoms with Crippen LogP contribution in [0.25, 0.3) is 0 Å². The minimum absolute atomic E-state index is 0.450. The van der Waals surface area contributed by atoms with Gasteiger partial charge in [-0.3, -0.25) is 4.66 Å². The summed E-state index contributed by atoms with van der Waals surface area (Å²) in [6.45, 7) is 14.1. The Kier molecular flexibility index (Phi) is 6.27. The van der Waals surface area contributed by atoms with Crippen molar-refractivity contribution < 1.29 is 17.6 Å². The molecule has 0 aromatic rings. The molecule has 0 heterocycles. The minimum atomic E-state index is -4.54. The third-order valence-electron chi connectivity index (χ3n) is 2.30. The van der Waals surface area contributed by atoms with E-state index in [2.05, 4.69) is 17.8 Å². The van der Waals surface area contributed by atoms with Crippen molar-refractivity contribution in [1.29, 1.82) is 0 Å². The third kappa shape index (κ3) is 7.36. The molecule has 0 fully saturated rings. The van der Waals surface area contributed by atoms with Gasteiger partial charge in [-0.15, -0.1) is 13.2 Å². The summed E-state index contributed by atoms with van der Waals surface area (Å²) in [5, 5.41) is 0. The highest BCUT2D eigenvalue weighted by Crippen LogP contribution is 2.25. The van der Waals surface area contributed by atoms with Crippen LogP contribution in [0.5, 0.6) is 0 Å². The summed E-state index contributed by atoms with van der Waals surface area (Å²) in [4.78, 5) is 0. The van der Waals surface area contributed by atoms with Gasteiger partial charge in [0.25, 0.3) is 14.2 Å². The first kappa shape index (κ1) is 18.2. The molecule has 2 nitrogen and oxygen atoms in total. The molecule has 0 aliphatic carbocycles. The molecule has 0 aromatic carbocycles. The Hall–Kier alpha value is -0.826. The van der Waals surface area contributed by atoms with Gasteiger partial charge in [0, 0.05) is 0 Å². The molecule has 19 heavy (non-hydrogen) atoms. The SMILES string of the molecule is C=CC[Si](C)(C)N=C(O[Si](C)(C)CC=C)C(F)(F)F. The molecule has 0 unspecified atom stereocenters. The summed E-state index contributed by atoms with van der Waals surface area (Å²) >= 11 is 0. The van der Waals surface area contributed by atoms with Crippen LogP contribution in [0, 0.1) is 0 Å². The van der Waals surface area contributed by atoms with Crippen LogP contribution in [0.2, 0.25) is 38.3 Å². The van der Waals surface area contributed by atoms with Crippen LogP contribution in [0.4, 0.5) is 13.2 Å². The van der Waals surface area contributed by atoms with Crippen LogP contribution in [-0.2, 0) is 4.43 Å². The second-order valence-electron chi connectivity index (χ2n) is 5.57. The first-order valence-electron chi connectivity index (χ1n) is 6.01. The molecular formula is C12H22F3NOSi2. The number of rotatable bonds is 6. The lowest BCUT2D eigenvalue weighted by Gasteiger charge is -2.27. The zero-order chi connectivity index (χ0) is 15.3. The highest BCUT2D eigenvalue weighted by molar-refractivity contribution is 6.78. The smallest absolute Gasteiger partial charge is 0.465 e. The summed E-state index contributed by atoms with van der Waals surface area (Å²) in [6.07, 6.45) is -1.35. The van der Waals surface area contributed by atoms with E-state index in [9.17, 15) is 13.2 Å². The van der Waals surface area contributed by atoms with Crippen LogP contribution >= 0.6 is 0 Å². The molecule has 0 saturated carbocycles. The fourth-order valence-corrected chi connectivity index (χ4v) is 4.54. The Labute approximate surface area is 115 Å². The Morgan fingerprint density at radius 3 is 1.95 bits per heavy atom. The molecule has 7 heteroatoms. The number of alkyl halides is 3. The molecule has 0 saturated heterocycles. The van der Waals surface area contributed by atoms with Crippen LogP contribution in [-0.4, -0.2) is 28.6 Å². The van der Waals surface area contributed by atoms with Gasteiger partial charge in [0.05, 0.1) is 0 Å². The van der Waals surface area contributed by atoms with Gasteiger partial charge in [0.15, 0.2) is 8.24 Å². The maximum atomic E-state index is 13.0. The number of halogens is 3. The topological polar surface area (TPSA) is 21.6 Å². The summed E-state index contributed by atoms with van der Waals surface area (Å²) in [7, 11) is -4.85. The van der Waals surface area contributed by atoms with Crippen LogP contribution in [0.15, 0.2) is 30.0 Å². The Balaban J connectivity index is 5.30. The fourth-order valence-electron chi connectivity index (χ4n) is 1.47. The second kappa shape index (κ2) is 6.56. The maximum absolute atomic E-state index is 13.0. The average Bonchev–Trinajstić information content (AvgIpc) is 2.13. The van der Waals surface area contributed by atoms with E-state index in [1.165, 1.54) is 0 Å². The highest BCUT2D eigenvalue weighted by Gasteiger charge is 2.42. The molecule has 0 radical (unpaired) electrons. The van der Waals surface area contributed by atoms with Crippen LogP contribution in [0.3, 0.4) is 0 Å². The Morgan fingerprint density at radius 1 is 1.11 bits per heavy atom. The normalized spacial score (nSPS) is 14.2. The van der Waals surface area contributed by atoms with Gasteiger partial charge in [-0.05, 0) is 38.3 Å². The van der Waals surface area contributed by atoms with Crippen molar-refractivity contribution in [1.82, 2.24) is 0 Å². The number of allylic oxidation sites excluding steroid dienone is 2. The number of hydrogen-bond donors (Lipinski definition) is 0. The van der Waals surface area contributed by atoms with Gasteiger partial charge in [0.2, 0.25) is 0 Å². The molecule has 0 rings (SSSR count). The van der Waals surface area contributed by atoms with E-state index in [0.717, 1.165) is 0 Å². The largest absolute Gasteiger partial charge is 0.528 e. The van der Waals surface area contributed by atoms with Gasteiger partial charge in [0.1, 0.15) is 0 Å². The molecule has 0 bridgehead atoms. The van der Waals surface area contributed by atoms with E-state index in [-0.39, 0.29) is 0 Å². The molecule has 0 spiro atoms. The summed E-state index contributed by atoms with van der Waals surface area (Å²) in [5.74, 6) is -1.08. The molecule has 0 N–H and O–H groups in total. The van der Waals surface area contributed by atoms with Crippen molar-refractivity contribution in [3.63, 3.8) is 0 Å². The molecule has 110 valence electrons. The molecular weight excluding hydrogens is 287 g/mol. The van der Waals surface area contributed by atoms with E-state index in [1.807, 2.05) is 0 Å². The number of nitrogens with zero attached hydrogens (tertiary/aromatic N) is 1. The van der Waals surface area contributed by atoms with Gasteiger partial charge in [-0.25, -0.2) is 0 Å². The second-order valence-corrected chi connectivity index (χ2v) is 14.0. The quantitative estimate of drug-likeness (QED) is 0.300. The van der Waals surface area contributed by atoms with Crippen molar-refractivity contribution in [2.24, 2.45) is 4.66 Å². The van der Waals surface area contributed by atoms with Crippen molar-refractivity contribution in [2.75, 3.05) is 0 Å². The van der Waals surface area contributed by atoms with Gasteiger partial charge < -0.3 is 4.43 Å². The summed E-state index contributed by atoms with van der Waals surface area (Å²) in [6, 6.07) is 0.935. The molecule has 0 aliphatic heterocycles. The Morgan fingerprint density at radius 2 is 1.58 bits per heavy atom. The summed E-state index contributed by atoms with van der Waals surface area (Å²) < 4.78 is 48.1. The molecule has 0 amide bonds. The van der Waals surface area contributed by atoms with Crippen LogP contribution in [0.1, 0.15) is 0 Å². The average molecular weight is 309 g/mol. The van der Waals surface area contributed by atoms with Gasteiger partial charge in [-0.2, -0.15) is 13.2 Å². The lowest BCUT2D eigenvalue weighted by atomic mass is 10.7. The number of hydrogen-bond acceptors (Lipinski definition) is 2. The highest BCUT2D eigenvalue weighted by atomic mass is 28.4. The van der Waals surface area contributed by atoms with Crippen molar-refractivity contribution in [3.05, 3.63) is 25.3 Å². The fraction of sp³-hybridized carbons (Fsp3) is 0.583. The third-order valence-corrected chi connectivity index (χ3v) is 6.41. The van der Waals surface area contributed by atoms with Crippen molar-refractivity contribution in [2.45, 2.75) is 44.5 Å². The van der Waals surface area contributed by atoms with E-state index in [0.29, 0.717) is 12.1 Å². The minimum Gasteiger partial charge on any atom is -0.528 e. The van der Waals surface area contributed by atoms with E-state index in [1.54, 1.807) is 38.3 Å². The van der Waals surface area contributed by atoms with E-state index >= 15 is 0 Å². The molecule has 0 atom stereocenters. The maximum Gasteiger partial charge on any atom is 0.465 e. The monoisotopic (exact) mass is 309 g/mol. The van der Waals surface area contributed by atoms with Crippen LogP contribution < -0.4 is 0 Å². The van der Waals surface area contributed by atoms with E-state index < -0.39 is 28.6 Å². The zero-order valence-corrected chi connectivity index (χ0v) is 14.0. The first-order chi connectivity index (χ1) is 8.43. The Bertz CT molecular complexity index is 362. The lowest BCUT2D eigenvalue weighted by Crippen LogP contribution is -2.41. The zero-order valence-electron chi connectivity index (χ0n) is 12.0.